The van der Waals surface area contributed by atoms with E-state index in [0.29, 0.717) is 6.10 Å². The van der Waals surface area contributed by atoms with E-state index in [0.717, 1.165) is 38.3 Å². The molecule has 2 fully saturated rings. The van der Waals surface area contributed by atoms with Crippen LogP contribution in [0.3, 0.4) is 0 Å². The Kier molecular flexibility index (Phi) is 5.42. The molecule has 1 saturated carbocycles. The number of nitrogens with zero attached hydrogens (tertiary/aromatic N) is 2. The van der Waals surface area contributed by atoms with E-state index in [2.05, 4.69) is 36.3 Å². The van der Waals surface area contributed by atoms with E-state index in [9.17, 15) is 0 Å². The van der Waals surface area contributed by atoms with Crippen molar-refractivity contribution in [3.63, 3.8) is 0 Å². The predicted molar refractivity (Wildman–Crippen MR) is 75.0 cm³/mol. The highest BCUT2D eigenvalue weighted by Crippen LogP contribution is 2.22. The van der Waals surface area contributed by atoms with Crippen LogP contribution in [0, 0.1) is 0 Å². The Labute approximate surface area is 112 Å². The molecule has 2 aliphatic rings. The molecular formula is C14H29N3O. The van der Waals surface area contributed by atoms with E-state index < -0.39 is 0 Å². The number of hydrogen-bond donors (Lipinski definition) is 1. The van der Waals surface area contributed by atoms with Crippen molar-refractivity contribution in [2.24, 2.45) is 0 Å². The lowest BCUT2D eigenvalue weighted by molar-refractivity contribution is -0.0395. The van der Waals surface area contributed by atoms with E-state index >= 15 is 0 Å². The summed E-state index contributed by atoms with van der Waals surface area (Å²) >= 11 is 0. The van der Waals surface area contributed by atoms with Crippen LogP contribution in [-0.2, 0) is 4.74 Å². The molecule has 0 radical (unpaired) electrons. The molecule has 1 aliphatic carbocycles. The summed E-state index contributed by atoms with van der Waals surface area (Å²) in [6.45, 7) is 4.13. The molecule has 1 N–H and O–H groups in total. The summed E-state index contributed by atoms with van der Waals surface area (Å²) in [6, 6.07) is 1.50. The quantitative estimate of drug-likeness (QED) is 0.803. The lowest BCUT2D eigenvalue weighted by atomic mass is 9.90. The molecule has 0 aromatic rings. The summed E-state index contributed by atoms with van der Waals surface area (Å²) < 4.78 is 5.86. The normalized spacial score (nSPS) is 35.0. The van der Waals surface area contributed by atoms with Gasteiger partial charge in [-0.2, -0.15) is 0 Å². The molecule has 18 heavy (non-hydrogen) atoms. The molecule has 1 aliphatic heterocycles. The van der Waals surface area contributed by atoms with Gasteiger partial charge in [-0.25, -0.2) is 0 Å². The van der Waals surface area contributed by atoms with Gasteiger partial charge in [0.1, 0.15) is 0 Å². The zero-order valence-electron chi connectivity index (χ0n) is 12.2. The molecular weight excluding hydrogens is 226 g/mol. The van der Waals surface area contributed by atoms with Crippen LogP contribution in [0.5, 0.6) is 0 Å². The van der Waals surface area contributed by atoms with Gasteiger partial charge in [0.15, 0.2) is 0 Å². The van der Waals surface area contributed by atoms with Crippen LogP contribution >= 0.6 is 0 Å². The highest BCUT2D eigenvalue weighted by molar-refractivity contribution is 4.83. The minimum absolute atomic E-state index is 0.399. The molecule has 1 saturated heterocycles. The van der Waals surface area contributed by atoms with Crippen molar-refractivity contribution in [2.75, 3.05) is 47.4 Å². The van der Waals surface area contributed by atoms with Crippen molar-refractivity contribution in [3.05, 3.63) is 0 Å². The average Bonchev–Trinajstić information content (AvgIpc) is 2.39. The Hall–Kier alpha value is -0.160. The minimum atomic E-state index is 0.399. The predicted octanol–water partition coefficient (Wildman–Crippen LogP) is 0.779. The fraction of sp³-hybridized carbons (Fsp3) is 1.00. The minimum Gasteiger partial charge on any atom is -0.374 e. The fourth-order valence-corrected chi connectivity index (χ4v) is 3.25. The third-order valence-electron chi connectivity index (χ3n) is 4.56. The summed E-state index contributed by atoms with van der Waals surface area (Å²) in [7, 11) is 6.54. The number of ether oxygens (including phenoxy) is 1. The standard InChI is InChI=1S/C14H29N3O/c1-15-12-4-6-13(7-5-12)17(3)11-14-10-16(2)8-9-18-14/h12-15H,4-11H2,1-3H3. The van der Waals surface area contributed by atoms with E-state index in [1.165, 1.54) is 25.7 Å². The third kappa shape index (κ3) is 3.92. The lowest BCUT2D eigenvalue weighted by Gasteiger charge is -2.38. The molecule has 0 aromatic carbocycles. The molecule has 0 amide bonds. The van der Waals surface area contributed by atoms with Gasteiger partial charge in [-0.1, -0.05) is 0 Å². The number of nitrogens with one attached hydrogen (secondary N) is 1. The Bertz CT molecular complexity index is 241. The van der Waals surface area contributed by atoms with Gasteiger partial charge in [0, 0.05) is 31.7 Å². The molecule has 1 heterocycles. The van der Waals surface area contributed by atoms with Crippen molar-refractivity contribution in [1.29, 1.82) is 0 Å². The van der Waals surface area contributed by atoms with Gasteiger partial charge < -0.3 is 19.9 Å². The van der Waals surface area contributed by atoms with Gasteiger partial charge in [0.2, 0.25) is 0 Å². The zero-order chi connectivity index (χ0) is 13.0. The first-order chi connectivity index (χ1) is 8.69. The Morgan fingerprint density at radius 2 is 2.00 bits per heavy atom. The molecule has 0 spiro atoms. The summed E-state index contributed by atoms with van der Waals surface area (Å²) in [5.41, 5.74) is 0. The second kappa shape index (κ2) is 6.85. The summed E-state index contributed by atoms with van der Waals surface area (Å²) in [5.74, 6) is 0. The number of hydrogen-bond acceptors (Lipinski definition) is 4. The highest BCUT2D eigenvalue weighted by atomic mass is 16.5. The van der Waals surface area contributed by atoms with Crippen molar-refractivity contribution < 1.29 is 4.74 Å². The fourth-order valence-electron chi connectivity index (χ4n) is 3.25. The van der Waals surface area contributed by atoms with Crippen LogP contribution in [0.2, 0.25) is 0 Å². The number of rotatable bonds is 4. The zero-order valence-corrected chi connectivity index (χ0v) is 12.2. The van der Waals surface area contributed by atoms with Crippen molar-refractivity contribution in [3.8, 4) is 0 Å². The molecule has 1 atom stereocenters. The third-order valence-corrected chi connectivity index (χ3v) is 4.56. The molecule has 4 heteroatoms. The highest BCUT2D eigenvalue weighted by Gasteiger charge is 2.26. The van der Waals surface area contributed by atoms with Crippen LogP contribution in [-0.4, -0.2) is 75.4 Å². The Balaban J connectivity index is 1.72. The van der Waals surface area contributed by atoms with Crippen LogP contribution in [0.4, 0.5) is 0 Å². The summed E-state index contributed by atoms with van der Waals surface area (Å²) in [6.07, 6.45) is 5.68. The average molecular weight is 255 g/mol. The molecule has 4 nitrogen and oxygen atoms in total. The van der Waals surface area contributed by atoms with Gasteiger partial charge in [0.25, 0.3) is 0 Å². The second-order valence-electron chi connectivity index (χ2n) is 5.99. The first-order valence-electron chi connectivity index (χ1n) is 7.36. The number of morpholine rings is 1. The van der Waals surface area contributed by atoms with Crippen molar-refractivity contribution in [1.82, 2.24) is 15.1 Å². The first kappa shape index (κ1) is 14.3. The maximum absolute atomic E-state index is 5.86. The summed E-state index contributed by atoms with van der Waals surface area (Å²) in [5, 5.41) is 3.40. The van der Waals surface area contributed by atoms with E-state index in [1.807, 2.05) is 0 Å². The topological polar surface area (TPSA) is 27.7 Å². The van der Waals surface area contributed by atoms with E-state index in [-0.39, 0.29) is 0 Å². The number of likely N-dealkylation sites (N-methyl/N-ethyl adjacent to an activating group) is 2. The van der Waals surface area contributed by atoms with Gasteiger partial charge >= 0.3 is 0 Å². The van der Waals surface area contributed by atoms with E-state index in [1.54, 1.807) is 0 Å². The van der Waals surface area contributed by atoms with Crippen LogP contribution in [0.15, 0.2) is 0 Å². The molecule has 0 bridgehead atoms. The van der Waals surface area contributed by atoms with Crippen molar-refractivity contribution >= 4 is 0 Å². The van der Waals surface area contributed by atoms with Gasteiger partial charge in [0.05, 0.1) is 12.7 Å². The maximum Gasteiger partial charge on any atom is 0.0829 e. The Morgan fingerprint density at radius 3 is 2.61 bits per heavy atom. The largest absolute Gasteiger partial charge is 0.374 e. The van der Waals surface area contributed by atoms with Crippen molar-refractivity contribution in [2.45, 2.75) is 43.9 Å². The van der Waals surface area contributed by atoms with Crippen LogP contribution in [0.1, 0.15) is 25.7 Å². The van der Waals surface area contributed by atoms with Gasteiger partial charge in [-0.3, -0.25) is 0 Å². The molecule has 2 rings (SSSR count). The summed E-state index contributed by atoms with van der Waals surface area (Å²) in [4.78, 5) is 4.90. The van der Waals surface area contributed by atoms with E-state index in [4.69, 9.17) is 4.74 Å². The first-order valence-corrected chi connectivity index (χ1v) is 7.36. The van der Waals surface area contributed by atoms with Gasteiger partial charge in [-0.15, -0.1) is 0 Å². The molecule has 0 aromatic heterocycles. The SMILES string of the molecule is CNC1CCC(N(C)CC2CN(C)CCO2)CC1. The molecule has 1 unspecified atom stereocenters. The Morgan fingerprint density at radius 1 is 1.28 bits per heavy atom. The van der Waals surface area contributed by atoms with Crippen LogP contribution < -0.4 is 5.32 Å². The smallest absolute Gasteiger partial charge is 0.0829 e. The maximum atomic E-state index is 5.86. The second-order valence-corrected chi connectivity index (χ2v) is 5.99. The molecule has 106 valence electrons. The monoisotopic (exact) mass is 255 g/mol. The lowest BCUT2D eigenvalue weighted by Crippen LogP contribution is -2.48. The van der Waals surface area contributed by atoms with Gasteiger partial charge in [-0.05, 0) is 46.8 Å². The van der Waals surface area contributed by atoms with Crippen LogP contribution in [0.25, 0.3) is 0 Å².